The number of hydrogen-bond donors (Lipinski definition) is 1. The van der Waals surface area contributed by atoms with Gasteiger partial charge in [0.2, 0.25) is 0 Å². The molecule has 0 spiro atoms. The van der Waals surface area contributed by atoms with Crippen molar-refractivity contribution in [3.63, 3.8) is 0 Å². The number of nitrogens with one attached hydrogen (secondary N) is 1. The third-order valence-corrected chi connectivity index (χ3v) is 6.28. The fraction of sp³-hybridized carbons (Fsp3) is 0.526. The summed E-state index contributed by atoms with van der Waals surface area (Å²) in [5, 5.41) is 6.80. The van der Waals surface area contributed by atoms with Crippen molar-refractivity contribution in [2.75, 3.05) is 27.3 Å². The molecule has 0 saturated carbocycles. The van der Waals surface area contributed by atoms with Crippen LogP contribution in [0.25, 0.3) is 11.3 Å². The van der Waals surface area contributed by atoms with Crippen LogP contribution in [0.3, 0.4) is 0 Å². The Morgan fingerprint density at radius 2 is 1.92 bits per heavy atom. The zero-order chi connectivity index (χ0) is 17.2. The van der Waals surface area contributed by atoms with Crippen molar-refractivity contribution in [2.24, 2.45) is 5.92 Å². The van der Waals surface area contributed by atoms with Crippen LogP contribution in [0.1, 0.15) is 31.7 Å². The zero-order valence-corrected chi connectivity index (χ0v) is 15.7. The first-order chi connectivity index (χ1) is 11.6. The average Bonchev–Trinajstić information content (AvgIpc) is 3.12. The van der Waals surface area contributed by atoms with Crippen LogP contribution in [-0.2, 0) is 5.41 Å². The van der Waals surface area contributed by atoms with E-state index >= 15 is 0 Å². The fourth-order valence-electron chi connectivity index (χ4n) is 3.42. The van der Waals surface area contributed by atoms with Gasteiger partial charge in [-0.1, -0.05) is 13.8 Å². The second-order valence-corrected chi connectivity index (χ2v) is 7.71. The number of ether oxygens (including phenoxy) is 2. The highest BCUT2D eigenvalue weighted by atomic mass is 32.1. The molecule has 0 atom stereocenters. The highest BCUT2D eigenvalue weighted by Gasteiger charge is 2.34. The van der Waals surface area contributed by atoms with E-state index in [2.05, 4.69) is 24.5 Å². The van der Waals surface area contributed by atoms with Gasteiger partial charge in [-0.15, -0.1) is 11.3 Å². The van der Waals surface area contributed by atoms with E-state index in [1.165, 1.54) is 17.8 Å². The number of piperidine rings is 1. The minimum atomic E-state index is 0.102. The van der Waals surface area contributed by atoms with E-state index in [0.29, 0.717) is 5.92 Å². The van der Waals surface area contributed by atoms with Crippen LogP contribution in [0, 0.1) is 5.92 Å². The van der Waals surface area contributed by atoms with Gasteiger partial charge in [0.25, 0.3) is 0 Å². The molecule has 130 valence electrons. The van der Waals surface area contributed by atoms with Crippen molar-refractivity contribution < 1.29 is 9.47 Å². The van der Waals surface area contributed by atoms with E-state index in [-0.39, 0.29) is 5.41 Å². The third-order valence-electron chi connectivity index (χ3n) is 5.10. The minimum absolute atomic E-state index is 0.102. The molecule has 1 N–H and O–H groups in total. The maximum Gasteiger partial charge on any atom is 0.131 e. The molecule has 2 aromatic rings. The summed E-state index contributed by atoms with van der Waals surface area (Å²) in [7, 11) is 3.35. The Bertz CT molecular complexity index is 690. The van der Waals surface area contributed by atoms with Crippen molar-refractivity contribution >= 4 is 11.3 Å². The first kappa shape index (κ1) is 17.2. The Labute approximate surface area is 148 Å². The number of rotatable bonds is 5. The van der Waals surface area contributed by atoms with Crippen molar-refractivity contribution in [2.45, 2.75) is 32.1 Å². The lowest BCUT2D eigenvalue weighted by atomic mass is 9.74. The molecule has 3 rings (SSSR count). The largest absolute Gasteiger partial charge is 0.497 e. The summed E-state index contributed by atoms with van der Waals surface area (Å²) in [5.74, 6) is 2.27. The minimum Gasteiger partial charge on any atom is -0.497 e. The molecule has 1 aromatic carbocycles. The average molecular weight is 346 g/mol. The quantitative estimate of drug-likeness (QED) is 0.885. The summed E-state index contributed by atoms with van der Waals surface area (Å²) in [6.07, 6.45) is 2.43. The molecule has 1 aromatic heterocycles. The van der Waals surface area contributed by atoms with Gasteiger partial charge < -0.3 is 14.8 Å². The number of thiazole rings is 1. The molecule has 1 aliphatic rings. The van der Waals surface area contributed by atoms with Crippen LogP contribution < -0.4 is 14.8 Å². The Morgan fingerprint density at radius 1 is 1.17 bits per heavy atom. The second-order valence-electron chi connectivity index (χ2n) is 6.85. The lowest BCUT2D eigenvalue weighted by Gasteiger charge is -2.35. The van der Waals surface area contributed by atoms with Crippen LogP contribution in [0.15, 0.2) is 23.6 Å². The molecule has 1 fully saturated rings. The second kappa shape index (κ2) is 7.11. The molecule has 0 radical (unpaired) electrons. The maximum atomic E-state index is 5.53. The molecule has 5 heteroatoms. The summed E-state index contributed by atoms with van der Waals surface area (Å²) in [5.41, 5.74) is 2.10. The Kier molecular flexibility index (Phi) is 5.11. The van der Waals surface area contributed by atoms with Gasteiger partial charge in [-0.05, 0) is 44.0 Å². The molecule has 1 saturated heterocycles. The number of aromatic nitrogens is 1. The molecular formula is C19H26N2O2S. The van der Waals surface area contributed by atoms with E-state index in [1.807, 2.05) is 18.2 Å². The van der Waals surface area contributed by atoms with Gasteiger partial charge in [0.05, 0.1) is 24.9 Å². The van der Waals surface area contributed by atoms with Gasteiger partial charge in [-0.2, -0.15) is 0 Å². The summed E-state index contributed by atoms with van der Waals surface area (Å²) in [4.78, 5) is 4.97. The van der Waals surface area contributed by atoms with Gasteiger partial charge in [0.1, 0.15) is 11.5 Å². The standard InChI is InChI=1S/C19H26N2O2S/c1-19(2,13-7-9-20-10-8-13)18-21-16(12-24-18)15-6-5-14(22-3)11-17(15)23-4/h5-6,11-13,20H,7-10H2,1-4H3. The van der Waals surface area contributed by atoms with Gasteiger partial charge in [0, 0.05) is 22.4 Å². The number of hydrogen-bond acceptors (Lipinski definition) is 5. The fourth-order valence-corrected chi connectivity index (χ4v) is 4.45. The predicted molar refractivity (Wildman–Crippen MR) is 99.3 cm³/mol. The predicted octanol–water partition coefficient (Wildman–Crippen LogP) is 4.10. The molecule has 0 unspecified atom stereocenters. The molecule has 0 aliphatic carbocycles. The smallest absolute Gasteiger partial charge is 0.131 e. The SMILES string of the molecule is COc1ccc(-c2csc(C(C)(C)C3CCNCC3)n2)c(OC)c1. The highest BCUT2D eigenvalue weighted by Crippen LogP contribution is 2.41. The first-order valence-electron chi connectivity index (χ1n) is 8.45. The van der Waals surface area contributed by atoms with Crippen LogP contribution in [0.4, 0.5) is 0 Å². The summed E-state index contributed by atoms with van der Waals surface area (Å²) in [6, 6.07) is 5.88. The summed E-state index contributed by atoms with van der Waals surface area (Å²) < 4.78 is 10.8. The Balaban J connectivity index is 1.90. The molecular weight excluding hydrogens is 320 g/mol. The zero-order valence-electron chi connectivity index (χ0n) is 14.9. The van der Waals surface area contributed by atoms with Crippen molar-refractivity contribution in [1.29, 1.82) is 0 Å². The maximum absolute atomic E-state index is 5.53. The molecule has 2 heterocycles. The molecule has 4 nitrogen and oxygen atoms in total. The lowest BCUT2D eigenvalue weighted by molar-refractivity contribution is 0.246. The number of methoxy groups -OCH3 is 2. The van der Waals surface area contributed by atoms with E-state index in [1.54, 1.807) is 25.6 Å². The van der Waals surface area contributed by atoms with Gasteiger partial charge >= 0.3 is 0 Å². The van der Waals surface area contributed by atoms with Crippen molar-refractivity contribution in [3.05, 3.63) is 28.6 Å². The molecule has 0 bridgehead atoms. The summed E-state index contributed by atoms with van der Waals surface area (Å²) >= 11 is 1.76. The topological polar surface area (TPSA) is 43.4 Å². The highest BCUT2D eigenvalue weighted by molar-refractivity contribution is 7.10. The van der Waals surface area contributed by atoms with Gasteiger partial charge in [-0.3, -0.25) is 0 Å². The van der Waals surface area contributed by atoms with Crippen molar-refractivity contribution in [3.8, 4) is 22.8 Å². The van der Waals surface area contributed by atoms with E-state index < -0.39 is 0 Å². The summed E-state index contributed by atoms with van der Waals surface area (Å²) in [6.45, 7) is 6.88. The van der Waals surface area contributed by atoms with Crippen molar-refractivity contribution in [1.82, 2.24) is 10.3 Å². The normalized spacial score (nSPS) is 16.2. The number of benzene rings is 1. The third kappa shape index (κ3) is 3.28. The molecule has 1 aliphatic heterocycles. The molecule has 0 amide bonds. The van der Waals surface area contributed by atoms with Crippen LogP contribution in [0.2, 0.25) is 0 Å². The Hall–Kier alpha value is -1.59. The van der Waals surface area contributed by atoms with Gasteiger partial charge in [0.15, 0.2) is 0 Å². The van der Waals surface area contributed by atoms with Crippen LogP contribution >= 0.6 is 11.3 Å². The van der Waals surface area contributed by atoms with Crippen LogP contribution in [0.5, 0.6) is 11.5 Å². The molecule has 24 heavy (non-hydrogen) atoms. The lowest BCUT2D eigenvalue weighted by Crippen LogP contribution is -2.38. The Morgan fingerprint density at radius 3 is 2.58 bits per heavy atom. The monoisotopic (exact) mass is 346 g/mol. The van der Waals surface area contributed by atoms with Gasteiger partial charge in [-0.25, -0.2) is 4.98 Å². The van der Waals surface area contributed by atoms with E-state index in [0.717, 1.165) is 35.8 Å². The first-order valence-corrected chi connectivity index (χ1v) is 9.33. The van der Waals surface area contributed by atoms with E-state index in [4.69, 9.17) is 14.5 Å². The number of nitrogens with zero attached hydrogens (tertiary/aromatic N) is 1. The van der Waals surface area contributed by atoms with E-state index in [9.17, 15) is 0 Å². The van der Waals surface area contributed by atoms with Crippen LogP contribution in [-0.4, -0.2) is 32.3 Å².